The van der Waals surface area contributed by atoms with E-state index in [9.17, 15) is 9.59 Å². The van der Waals surface area contributed by atoms with Crippen molar-refractivity contribution in [2.45, 2.75) is 149 Å². The highest BCUT2D eigenvalue weighted by Gasteiger charge is 2.86. The molecule has 2 heterocycles. The summed E-state index contributed by atoms with van der Waals surface area (Å²) in [6.07, 6.45) is 26.3. The van der Waals surface area contributed by atoms with E-state index >= 15 is 0 Å². The van der Waals surface area contributed by atoms with Crippen molar-refractivity contribution < 1.29 is 19.1 Å². The van der Waals surface area contributed by atoms with E-state index in [0.29, 0.717) is 18.5 Å². The molecule has 6 heteroatoms. The first-order chi connectivity index (χ1) is 17.6. The zero-order chi connectivity index (χ0) is 25.7. The topological polar surface area (TPSA) is 52.6 Å². The van der Waals surface area contributed by atoms with Crippen LogP contribution < -0.4 is 0 Å². The molecule has 4 atom stereocenters. The predicted molar refractivity (Wildman–Crippen MR) is 154 cm³/mol. The first-order valence-electron chi connectivity index (χ1n) is 15.0. The third kappa shape index (κ3) is 7.94. The van der Waals surface area contributed by atoms with Crippen LogP contribution in [-0.2, 0) is 19.1 Å². The number of hydrogen-bond acceptors (Lipinski definition) is 6. The van der Waals surface area contributed by atoms with Crippen molar-refractivity contribution in [2.24, 2.45) is 0 Å². The highest BCUT2D eigenvalue weighted by Crippen LogP contribution is 2.77. The van der Waals surface area contributed by atoms with Gasteiger partial charge in [0.1, 0.15) is 0 Å². The molecule has 2 aliphatic heterocycles. The third-order valence-electron chi connectivity index (χ3n) is 7.85. The van der Waals surface area contributed by atoms with Gasteiger partial charge in [-0.15, -0.1) is 23.5 Å². The second-order valence-electron chi connectivity index (χ2n) is 10.9. The molecule has 4 nitrogen and oxygen atoms in total. The van der Waals surface area contributed by atoms with E-state index in [1.54, 1.807) is 11.8 Å². The number of fused-ring (bicyclic) bond motifs is 3. The van der Waals surface area contributed by atoms with Crippen LogP contribution in [0.5, 0.6) is 0 Å². The lowest BCUT2D eigenvalue weighted by molar-refractivity contribution is -0.152. The predicted octanol–water partition coefficient (Wildman–Crippen LogP) is 8.41. The second kappa shape index (κ2) is 15.7. The van der Waals surface area contributed by atoms with Crippen LogP contribution in [-0.4, -0.2) is 45.1 Å². The Bertz CT molecular complexity index is 711. The summed E-state index contributed by atoms with van der Waals surface area (Å²) < 4.78 is 9.84. The standard InChI is InChI=1S/C30H50O4S2/c1-3-5-7-9-11-13-15-17-19-23-33-27(31)29-22-21-25-26(35-25)30(29,36-29)28(32)34-24-20-18-16-14-12-10-8-6-4-2/h21-22,25-26H,3-20,23-24H2,1-2H3. The van der Waals surface area contributed by atoms with E-state index in [-0.39, 0.29) is 17.2 Å². The Balaban J connectivity index is 1.30. The maximum absolute atomic E-state index is 13.2. The molecule has 1 aliphatic carbocycles. The number of esters is 2. The SMILES string of the molecule is CCCCCCCCCCCOC(=O)C12C=CC3SC3C1(C(=O)OCCCCCCCCCCC)S2. The van der Waals surface area contributed by atoms with Crippen molar-refractivity contribution in [3.63, 3.8) is 0 Å². The first-order valence-corrected chi connectivity index (χ1v) is 16.8. The third-order valence-corrected chi connectivity index (χ3v) is 11.2. The van der Waals surface area contributed by atoms with Crippen molar-refractivity contribution >= 4 is 35.5 Å². The fraction of sp³-hybridized carbons (Fsp3) is 0.867. The van der Waals surface area contributed by atoms with Crippen LogP contribution in [0.15, 0.2) is 12.2 Å². The number of rotatable bonds is 22. The second-order valence-corrected chi connectivity index (χ2v) is 13.7. The Morgan fingerprint density at radius 2 is 1.11 bits per heavy atom. The number of unbranched alkanes of at least 4 members (excludes halogenated alkanes) is 16. The summed E-state index contributed by atoms with van der Waals surface area (Å²) in [5, 5.41) is 0.502. The van der Waals surface area contributed by atoms with E-state index < -0.39 is 9.49 Å². The number of ether oxygens (including phenoxy) is 2. The lowest BCUT2D eigenvalue weighted by Gasteiger charge is -2.20. The summed E-state index contributed by atoms with van der Waals surface area (Å²) in [4.78, 5) is 26.3. The molecule has 0 radical (unpaired) electrons. The number of thioether (sulfide) groups is 2. The quantitative estimate of drug-likeness (QED) is 0.0597. The van der Waals surface area contributed by atoms with E-state index in [1.165, 1.54) is 102 Å². The van der Waals surface area contributed by atoms with Gasteiger partial charge in [-0.05, 0) is 12.8 Å². The summed E-state index contributed by atoms with van der Waals surface area (Å²) in [5.74, 6) is -0.439. The van der Waals surface area contributed by atoms with Crippen LogP contribution in [0.4, 0.5) is 0 Å². The fourth-order valence-corrected chi connectivity index (χ4v) is 8.59. The van der Waals surface area contributed by atoms with Crippen molar-refractivity contribution in [2.75, 3.05) is 13.2 Å². The summed E-state index contributed by atoms with van der Waals surface area (Å²) in [6, 6.07) is 0. The minimum Gasteiger partial charge on any atom is -0.465 e. The first kappa shape index (κ1) is 29.9. The van der Waals surface area contributed by atoms with Crippen LogP contribution in [0, 0.1) is 0 Å². The maximum Gasteiger partial charge on any atom is 0.328 e. The Morgan fingerprint density at radius 3 is 1.61 bits per heavy atom. The highest BCUT2D eigenvalue weighted by atomic mass is 32.2. The van der Waals surface area contributed by atoms with Crippen LogP contribution >= 0.6 is 23.5 Å². The van der Waals surface area contributed by atoms with Crippen LogP contribution in [0.25, 0.3) is 0 Å². The molecule has 0 N–H and O–H groups in total. The van der Waals surface area contributed by atoms with Gasteiger partial charge in [0.25, 0.3) is 0 Å². The van der Waals surface area contributed by atoms with Crippen molar-refractivity contribution in [3.05, 3.63) is 12.2 Å². The molecule has 3 aliphatic rings. The van der Waals surface area contributed by atoms with Gasteiger partial charge in [-0.3, -0.25) is 9.59 Å². The number of carbonyl (C=O) groups excluding carboxylic acids is 2. The van der Waals surface area contributed by atoms with Crippen LogP contribution in [0.1, 0.15) is 129 Å². The molecule has 2 fully saturated rings. The summed E-state index contributed by atoms with van der Waals surface area (Å²) in [5.41, 5.74) is 0. The molecule has 2 saturated heterocycles. The average molecular weight is 539 g/mol. The minimum absolute atomic E-state index is 0.156. The van der Waals surface area contributed by atoms with E-state index in [0.717, 1.165) is 25.7 Å². The lowest BCUT2D eigenvalue weighted by Crippen LogP contribution is -2.46. The zero-order valence-electron chi connectivity index (χ0n) is 22.9. The number of hydrogen-bond donors (Lipinski definition) is 0. The van der Waals surface area contributed by atoms with Gasteiger partial charge in [0.05, 0.1) is 13.2 Å². The van der Waals surface area contributed by atoms with Crippen molar-refractivity contribution in [1.82, 2.24) is 0 Å². The van der Waals surface area contributed by atoms with Crippen LogP contribution in [0.3, 0.4) is 0 Å². The molecule has 0 aromatic heterocycles. The molecule has 3 rings (SSSR count). The smallest absolute Gasteiger partial charge is 0.328 e. The average Bonchev–Trinajstić information content (AvgIpc) is 3.78. The van der Waals surface area contributed by atoms with Gasteiger partial charge in [-0.2, -0.15) is 0 Å². The minimum atomic E-state index is -0.855. The largest absolute Gasteiger partial charge is 0.465 e. The zero-order valence-corrected chi connectivity index (χ0v) is 24.5. The molecular formula is C30H50O4S2. The van der Waals surface area contributed by atoms with Gasteiger partial charge in [0.15, 0.2) is 9.49 Å². The monoisotopic (exact) mass is 538 g/mol. The molecular weight excluding hydrogens is 488 g/mol. The van der Waals surface area contributed by atoms with Gasteiger partial charge in [0, 0.05) is 10.5 Å². The van der Waals surface area contributed by atoms with Crippen LogP contribution in [0.2, 0.25) is 0 Å². The molecule has 0 aromatic rings. The van der Waals surface area contributed by atoms with Gasteiger partial charge >= 0.3 is 11.9 Å². The van der Waals surface area contributed by atoms with E-state index in [1.807, 2.05) is 6.08 Å². The Hall–Kier alpha value is -0.620. The normalized spacial score (nSPS) is 27.3. The van der Waals surface area contributed by atoms with Crippen molar-refractivity contribution in [1.29, 1.82) is 0 Å². The highest BCUT2D eigenvalue weighted by molar-refractivity contribution is 8.15. The molecule has 0 saturated carbocycles. The molecule has 0 amide bonds. The van der Waals surface area contributed by atoms with Gasteiger partial charge in [0.2, 0.25) is 0 Å². The summed E-state index contributed by atoms with van der Waals surface area (Å²) in [6.45, 7) is 5.41. The molecule has 0 aromatic carbocycles. The summed E-state index contributed by atoms with van der Waals surface area (Å²) in [7, 11) is 0. The van der Waals surface area contributed by atoms with Gasteiger partial charge < -0.3 is 9.47 Å². The van der Waals surface area contributed by atoms with Gasteiger partial charge in [-0.25, -0.2) is 0 Å². The Kier molecular flexibility index (Phi) is 13.1. The molecule has 0 bridgehead atoms. The van der Waals surface area contributed by atoms with Crippen molar-refractivity contribution in [3.8, 4) is 0 Å². The molecule has 0 spiro atoms. The molecule has 36 heavy (non-hydrogen) atoms. The number of carbonyl (C=O) groups is 2. The molecule has 206 valence electrons. The Morgan fingerprint density at radius 1 is 0.667 bits per heavy atom. The van der Waals surface area contributed by atoms with Gasteiger partial charge in [-0.1, -0.05) is 129 Å². The molecule has 4 unspecified atom stereocenters. The maximum atomic E-state index is 13.2. The Labute approximate surface area is 228 Å². The fourth-order valence-electron chi connectivity index (χ4n) is 5.42. The van der Waals surface area contributed by atoms with E-state index in [4.69, 9.17) is 9.47 Å². The van der Waals surface area contributed by atoms with E-state index in [2.05, 4.69) is 19.9 Å². The lowest BCUT2D eigenvalue weighted by atomic mass is 9.84. The summed E-state index contributed by atoms with van der Waals surface area (Å²) >= 11 is 3.24.